The molecule has 1 aliphatic carbocycles. The highest BCUT2D eigenvalue weighted by Gasteiger charge is 2.28. The number of rotatable bonds is 10. The van der Waals surface area contributed by atoms with Crippen LogP contribution in [0.1, 0.15) is 58.4 Å². The van der Waals surface area contributed by atoms with Crippen LogP contribution in [0.3, 0.4) is 0 Å². The van der Waals surface area contributed by atoms with Gasteiger partial charge in [0.1, 0.15) is 6.04 Å². The van der Waals surface area contributed by atoms with Crippen LogP contribution in [-0.4, -0.2) is 57.9 Å². The molecule has 0 spiro atoms. The number of likely N-dealkylation sites (N-methyl/N-ethyl adjacent to an activating group) is 1. The molecule has 2 amide bonds. The van der Waals surface area contributed by atoms with Crippen LogP contribution in [0.15, 0.2) is 42.3 Å². The van der Waals surface area contributed by atoms with Crippen molar-refractivity contribution in [3.8, 4) is 5.88 Å². The number of carbonyl (C=O) groups is 2. The molecule has 1 aliphatic rings. The third kappa shape index (κ3) is 7.84. The first-order chi connectivity index (χ1) is 18.2. The molecule has 0 radical (unpaired) electrons. The number of nitrogens with zero attached hydrogens (tertiary/aromatic N) is 4. The number of aromatic nitrogens is 3. The van der Waals surface area contributed by atoms with Crippen molar-refractivity contribution in [3.63, 3.8) is 0 Å². The lowest BCUT2D eigenvalue weighted by Crippen LogP contribution is -2.49. The van der Waals surface area contributed by atoms with E-state index in [1.54, 1.807) is 39.4 Å². The SMILES string of the molecule is CC/C=C/C(=O)N(C)[C@@H](C)C(=O)N[C@H]1CCC[C@@H](C(C)=Cc2cnc(Nc3ccc(F)nc3)nc2OC)C1. The number of anilines is 2. The van der Waals surface area contributed by atoms with Crippen LogP contribution in [-0.2, 0) is 9.59 Å². The van der Waals surface area contributed by atoms with Gasteiger partial charge in [-0.05, 0) is 69.7 Å². The van der Waals surface area contributed by atoms with Crippen LogP contribution in [0.5, 0.6) is 5.88 Å². The van der Waals surface area contributed by atoms with Crippen molar-refractivity contribution >= 4 is 29.5 Å². The van der Waals surface area contributed by atoms with Crippen molar-refractivity contribution in [1.29, 1.82) is 0 Å². The van der Waals surface area contributed by atoms with E-state index >= 15 is 0 Å². The Hall–Kier alpha value is -3.82. The van der Waals surface area contributed by atoms with Gasteiger partial charge in [0.05, 0.1) is 24.6 Å². The molecular weight excluding hydrogens is 487 g/mol. The highest BCUT2D eigenvalue weighted by Crippen LogP contribution is 2.32. The second kappa shape index (κ2) is 13.6. The maximum Gasteiger partial charge on any atom is 0.246 e. The average molecular weight is 525 g/mol. The maximum atomic E-state index is 13.1. The Labute approximate surface area is 223 Å². The van der Waals surface area contributed by atoms with Crippen molar-refractivity contribution in [3.05, 3.63) is 53.8 Å². The summed E-state index contributed by atoms with van der Waals surface area (Å²) < 4.78 is 18.6. The summed E-state index contributed by atoms with van der Waals surface area (Å²) in [7, 11) is 3.20. The van der Waals surface area contributed by atoms with Gasteiger partial charge >= 0.3 is 0 Å². The fourth-order valence-electron chi connectivity index (χ4n) is 4.40. The number of amides is 2. The Morgan fingerprint density at radius 1 is 1.26 bits per heavy atom. The molecule has 1 saturated carbocycles. The summed E-state index contributed by atoms with van der Waals surface area (Å²) in [6.07, 6.45) is 12.9. The van der Waals surface area contributed by atoms with Gasteiger partial charge in [0.15, 0.2) is 0 Å². The molecule has 3 rings (SSSR count). The lowest BCUT2D eigenvalue weighted by molar-refractivity contribution is -0.135. The number of carbonyl (C=O) groups excluding carboxylic acids is 2. The van der Waals surface area contributed by atoms with Gasteiger partial charge in [0, 0.05) is 19.3 Å². The lowest BCUT2D eigenvalue weighted by Gasteiger charge is -2.32. The van der Waals surface area contributed by atoms with Crippen molar-refractivity contribution in [1.82, 2.24) is 25.2 Å². The van der Waals surface area contributed by atoms with Crippen LogP contribution in [0, 0.1) is 11.9 Å². The molecule has 204 valence electrons. The van der Waals surface area contributed by atoms with E-state index in [0.717, 1.165) is 43.2 Å². The Bertz CT molecular complexity index is 1170. The molecule has 9 nitrogen and oxygen atoms in total. The van der Waals surface area contributed by atoms with Gasteiger partial charge in [0.25, 0.3) is 0 Å². The quantitative estimate of drug-likeness (QED) is 0.344. The minimum absolute atomic E-state index is 0.0378. The van der Waals surface area contributed by atoms with Gasteiger partial charge in [-0.25, -0.2) is 9.97 Å². The largest absolute Gasteiger partial charge is 0.480 e. The highest BCUT2D eigenvalue weighted by molar-refractivity contribution is 5.92. The molecule has 0 aromatic carbocycles. The molecule has 1 fully saturated rings. The summed E-state index contributed by atoms with van der Waals surface area (Å²) in [5.74, 6) is 0.119. The summed E-state index contributed by atoms with van der Waals surface area (Å²) in [4.78, 5) is 39.0. The minimum Gasteiger partial charge on any atom is -0.480 e. The Balaban J connectivity index is 1.64. The molecule has 0 bridgehead atoms. The normalized spacial score (nSPS) is 18.6. The van der Waals surface area contributed by atoms with Crippen LogP contribution in [0.25, 0.3) is 6.08 Å². The Morgan fingerprint density at radius 3 is 2.74 bits per heavy atom. The lowest BCUT2D eigenvalue weighted by atomic mass is 9.81. The number of pyridine rings is 1. The number of halogens is 1. The number of hydrogen-bond donors (Lipinski definition) is 2. The molecule has 0 aliphatic heterocycles. The molecule has 2 heterocycles. The second-order valence-corrected chi connectivity index (χ2v) is 9.55. The molecule has 2 aromatic rings. The van der Waals surface area contributed by atoms with E-state index in [0.29, 0.717) is 17.5 Å². The van der Waals surface area contributed by atoms with E-state index in [4.69, 9.17) is 4.74 Å². The first-order valence-corrected chi connectivity index (χ1v) is 12.9. The van der Waals surface area contributed by atoms with Gasteiger partial charge in [-0.2, -0.15) is 9.37 Å². The third-order valence-electron chi connectivity index (χ3n) is 6.81. The van der Waals surface area contributed by atoms with Gasteiger partial charge in [-0.1, -0.05) is 25.0 Å². The van der Waals surface area contributed by atoms with E-state index < -0.39 is 12.0 Å². The van der Waals surface area contributed by atoms with Crippen molar-refractivity contribution in [2.45, 2.75) is 65.0 Å². The molecule has 2 N–H and O–H groups in total. The fourth-order valence-corrected chi connectivity index (χ4v) is 4.40. The van der Waals surface area contributed by atoms with Crippen molar-refractivity contribution in [2.75, 3.05) is 19.5 Å². The number of nitrogens with one attached hydrogen (secondary N) is 2. The predicted molar refractivity (Wildman–Crippen MR) is 145 cm³/mol. The predicted octanol–water partition coefficient (Wildman–Crippen LogP) is 4.65. The summed E-state index contributed by atoms with van der Waals surface area (Å²) in [5.41, 5.74) is 2.46. The average Bonchev–Trinajstić information content (AvgIpc) is 2.92. The van der Waals surface area contributed by atoms with E-state index in [1.165, 1.54) is 23.2 Å². The monoisotopic (exact) mass is 524 g/mol. The smallest absolute Gasteiger partial charge is 0.246 e. The molecule has 38 heavy (non-hydrogen) atoms. The van der Waals surface area contributed by atoms with Crippen LogP contribution in [0.2, 0.25) is 0 Å². The molecule has 3 atom stereocenters. The van der Waals surface area contributed by atoms with Crippen LogP contribution in [0.4, 0.5) is 16.0 Å². The zero-order valence-corrected chi connectivity index (χ0v) is 22.7. The first-order valence-electron chi connectivity index (χ1n) is 12.9. The molecular formula is C28H37FN6O3. The summed E-state index contributed by atoms with van der Waals surface area (Å²) >= 11 is 0. The number of hydrogen-bond acceptors (Lipinski definition) is 7. The Kier molecular flexibility index (Phi) is 10.3. The van der Waals surface area contributed by atoms with E-state index in [9.17, 15) is 14.0 Å². The number of ether oxygens (including phenoxy) is 1. The zero-order valence-electron chi connectivity index (χ0n) is 22.7. The van der Waals surface area contributed by atoms with Gasteiger partial charge in [-0.3, -0.25) is 9.59 Å². The Morgan fingerprint density at radius 2 is 2.05 bits per heavy atom. The summed E-state index contributed by atoms with van der Waals surface area (Å²) in [6.45, 7) is 5.77. The van der Waals surface area contributed by atoms with E-state index in [-0.39, 0.29) is 23.8 Å². The van der Waals surface area contributed by atoms with E-state index in [2.05, 4.69) is 32.5 Å². The highest BCUT2D eigenvalue weighted by atomic mass is 19.1. The fraction of sp³-hybridized carbons (Fsp3) is 0.464. The maximum absolute atomic E-state index is 13.1. The zero-order chi connectivity index (χ0) is 27.7. The van der Waals surface area contributed by atoms with Crippen LogP contribution >= 0.6 is 0 Å². The standard InChI is InChI=1S/C28H37FN6O3/c1-6-7-11-25(36)35(4)19(3)26(37)32-22-10-8-9-20(15-22)18(2)14-21-16-31-28(34-27(21)38-5)33-23-12-13-24(29)30-17-23/h7,11-14,16-17,19-20,22H,6,8-10,15H2,1-5H3,(H,32,37)(H,31,33,34)/b11-7+,18-14?/t19-,20+,22-/m0/s1. The molecule has 0 saturated heterocycles. The third-order valence-corrected chi connectivity index (χ3v) is 6.81. The van der Waals surface area contributed by atoms with Gasteiger partial charge < -0.3 is 20.3 Å². The number of methoxy groups -OCH3 is 1. The van der Waals surface area contributed by atoms with E-state index in [1.807, 2.05) is 13.0 Å². The topological polar surface area (TPSA) is 109 Å². The summed E-state index contributed by atoms with van der Waals surface area (Å²) in [6, 6.07) is 2.29. The van der Waals surface area contributed by atoms with Gasteiger partial charge in [0.2, 0.25) is 29.6 Å². The number of allylic oxidation sites excluding steroid dienone is 2. The molecule has 0 unspecified atom stereocenters. The first kappa shape index (κ1) is 28.7. The van der Waals surface area contributed by atoms with Crippen LogP contribution < -0.4 is 15.4 Å². The van der Waals surface area contributed by atoms with Crippen molar-refractivity contribution in [2.24, 2.45) is 5.92 Å². The second-order valence-electron chi connectivity index (χ2n) is 9.55. The van der Waals surface area contributed by atoms with Gasteiger partial charge in [-0.15, -0.1) is 0 Å². The molecule has 10 heteroatoms. The van der Waals surface area contributed by atoms with Crippen molar-refractivity contribution < 1.29 is 18.7 Å². The minimum atomic E-state index is -0.564. The summed E-state index contributed by atoms with van der Waals surface area (Å²) in [5, 5.41) is 6.13. The molecule has 2 aromatic heterocycles.